The van der Waals surface area contributed by atoms with Crippen LogP contribution in [0, 0.1) is 0 Å². The Morgan fingerprint density at radius 2 is 2.03 bits per heavy atom. The summed E-state index contributed by atoms with van der Waals surface area (Å²) in [6.45, 7) is 1.48. The van der Waals surface area contributed by atoms with Crippen molar-refractivity contribution >= 4 is 55.5 Å². The number of fused-ring (bicyclic) bond motifs is 1. The van der Waals surface area contributed by atoms with Crippen LogP contribution in [0.15, 0.2) is 53.9 Å². The summed E-state index contributed by atoms with van der Waals surface area (Å²) in [7, 11) is 0. The minimum atomic E-state index is -0.173. The molecular weight excluding hydrogens is 466 g/mol. The average molecular weight is 486 g/mol. The zero-order valence-electron chi connectivity index (χ0n) is 17.1. The fourth-order valence-corrected chi connectivity index (χ4v) is 5.28. The van der Waals surface area contributed by atoms with Gasteiger partial charge < -0.3 is 9.47 Å². The highest BCUT2D eigenvalue weighted by Gasteiger charge is 2.28. The zero-order chi connectivity index (χ0) is 21.9. The molecule has 0 bridgehead atoms. The highest BCUT2D eigenvalue weighted by atomic mass is 35.5. The van der Waals surface area contributed by atoms with Gasteiger partial charge in [0.15, 0.2) is 5.13 Å². The maximum Gasteiger partial charge on any atom is 0.279 e. The highest BCUT2D eigenvalue weighted by molar-refractivity contribution is 7.22. The van der Waals surface area contributed by atoms with Crippen LogP contribution in [0.1, 0.15) is 28.3 Å². The van der Waals surface area contributed by atoms with Gasteiger partial charge in [-0.3, -0.25) is 9.69 Å². The van der Waals surface area contributed by atoms with Crippen LogP contribution in [0.3, 0.4) is 0 Å². The van der Waals surface area contributed by atoms with Crippen LogP contribution in [-0.4, -0.2) is 35.1 Å². The van der Waals surface area contributed by atoms with Gasteiger partial charge in [-0.25, -0.2) is 9.97 Å². The zero-order valence-corrected chi connectivity index (χ0v) is 19.5. The molecule has 0 N–H and O–H groups in total. The number of anilines is 1. The largest absolute Gasteiger partial charge is 0.486 e. The van der Waals surface area contributed by atoms with Crippen LogP contribution in [0.2, 0.25) is 5.02 Å². The van der Waals surface area contributed by atoms with Gasteiger partial charge in [0.05, 0.1) is 22.9 Å². The Morgan fingerprint density at radius 1 is 1.19 bits per heavy atom. The van der Waals surface area contributed by atoms with E-state index in [1.54, 1.807) is 34.5 Å². The predicted octanol–water partition coefficient (Wildman–Crippen LogP) is 5.81. The maximum absolute atomic E-state index is 13.5. The Balaban J connectivity index is 1.35. The van der Waals surface area contributed by atoms with Gasteiger partial charge in [0, 0.05) is 17.0 Å². The third-order valence-corrected chi connectivity index (χ3v) is 7.25. The lowest BCUT2D eigenvalue weighted by Crippen LogP contribution is -2.37. The normalized spacial score (nSPS) is 15.8. The molecule has 1 aliphatic rings. The third kappa shape index (κ3) is 4.78. The van der Waals surface area contributed by atoms with Gasteiger partial charge in [0.25, 0.3) is 5.91 Å². The molecule has 32 heavy (non-hydrogen) atoms. The summed E-state index contributed by atoms with van der Waals surface area (Å²) in [5, 5.41) is 3.82. The highest BCUT2D eigenvalue weighted by Crippen LogP contribution is 2.31. The number of nitrogens with zero attached hydrogens (tertiary/aromatic N) is 3. The van der Waals surface area contributed by atoms with Gasteiger partial charge in [0.1, 0.15) is 23.1 Å². The van der Waals surface area contributed by atoms with Gasteiger partial charge >= 0.3 is 0 Å². The number of halogens is 1. The molecule has 164 valence electrons. The topological polar surface area (TPSA) is 64.5 Å². The van der Waals surface area contributed by atoms with Crippen LogP contribution >= 0.6 is 34.3 Å². The second-order valence-electron chi connectivity index (χ2n) is 7.38. The lowest BCUT2D eigenvalue weighted by molar-refractivity contribution is 0.0913. The van der Waals surface area contributed by atoms with Crippen LogP contribution in [0.4, 0.5) is 5.13 Å². The second kappa shape index (κ2) is 9.54. The van der Waals surface area contributed by atoms with Crippen LogP contribution in [0.25, 0.3) is 10.2 Å². The Bertz CT molecular complexity index is 1190. The molecular formula is C23H20ClN3O3S2. The smallest absolute Gasteiger partial charge is 0.279 e. The van der Waals surface area contributed by atoms with E-state index >= 15 is 0 Å². The molecule has 0 aliphatic carbocycles. The van der Waals surface area contributed by atoms with Crippen molar-refractivity contribution in [2.45, 2.75) is 25.6 Å². The molecule has 1 amide bonds. The van der Waals surface area contributed by atoms with Crippen molar-refractivity contribution in [3.8, 4) is 5.75 Å². The minimum Gasteiger partial charge on any atom is -0.486 e. The number of carbonyl (C=O) groups excluding carboxylic acids is 1. The fraction of sp³-hybridized carbons (Fsp3) is 0.261. The van der Waals surface area contributed by atoms with Crippen molar-refractivity contribution in [2.75, 3.05) is 18.1 Å². The van der Waals surface area contributed by atoms with E-state index in [0.717, 1.165) is 34.7 Å². The van der Waals surface area contributed by atoms with E-state index in [1.807, 2.05) is 24.3 Å². The van der Waals surface area contributed by atoms with E-state index in [4.69, 9.17) is 26.1 Å². The molecule has 1 fully saturated rings. The lowest BCUT2D eigenvalue weighted by atomic mass is 10.2. The van der Waals surface area contributed by atoms with Gasteiger partial charge in [-0.2, -0.15) is 0 Å². The minimum absolute atomic E-state index is 0.0114. The number of hydrogen-bond donors (Lipinski definition) is 0. The number of benzene rings is 2. The molecule has 5 rings (SSSR count). The Kier molecular flexibility index (Phi) is 6.36. The summed E-state index contributed by atoms with van der Waals surface area (Å²) in [5.74, 6) is 0.528. The predicted molar refractivity (Wildman–Crippen MR) is 128 cm³/mol. The second-order valence-corrected chi connectivity index (χ2v) is 9.77. The van der Waals surface area contributed by atoms with E-state index in [0.29, 0.717) is 28.1 Å². The first kappa shape index (κ1) is 21.3. The average Bonchev–Trinajstić information content (AvgIpc) is 3.57. The first-order valence-electron chi connectivity index (χ1n) is 10.3. The van der Waals surface area contributed by atoms with E-state index in [1.165, 1.54) is 22.7 Å². The molecule has 2 aromatic carbocycles. The molecule has 4 aromatic rings. The number of aromatic nitrogens is 2. The Labute approximate surface area is 198 Å². The molecule has 1 atom stereocenters. The van der Waals surface area contributed by atoms with Crippen molar-refractivity contribution < 1.29 is 14.3 Å². The SMILES string of the molecule is O=C(c1csc(COc2ccc(Cl)cc2)n1)N(CC1CCCO1)c1nc2ccccc2s1. The number of amides is 1. The summed E-state index contributed by atoms with van der Waals surface area (Å²) >= 11 is 8.82. The summed E-state index contributed by atoms with van der Waals surface area (Å²) in [4.78, 5) is 24.4. The van der Waals surface area contributed by atoms with E-state index in [2.05, 4.69) is 4.98 Å². The summed E-state index contributed by atoms with van der Waals surface area (Å²) in [6, 6.07) is 15.1. The number of thiazole rings is 2. The van der Waals surface area contributed by atoms with Crippen molar-refractivity contribution in [1.29, 1.82) is 0 Å². The van der Waals surface area contributed by atoms with E-state index in [9.17, 15) is 4.79 Å². The van der Waals surface area contributed by atoms with Gasteiger partial charge in [-0.1, -0.05) is 35.1 Å². The van der Waals surface area contributed by atoms with Crippen molar-refractivity contribution in [3.63, 3.8) is 0 Å². The Morgan fingerprint density at radius 3 is 2.81 bits per heavy atom. The number of rotatable bonds is 7. The maximum atomic E-state index is 13.5. The van der Waals surface area contributed by atoms with Crippen LogP contribution < -0.4 is 9.64 Å². The summed E-state index contributed by atoms with van der Waals surface area (Å²) < 4.78 is 12.6. The monoisotopic (exact) mass is 485 g/mol. The molecule has 0 saturated carbocycles. The van der Waals surface area contributed by atoms with Crippen LogP contribution in [0.5, 0.6) is 5.75 Å². The van der Waals surface area contributed by atoms with Gasteiger partial charge in [0.2, 0.25) is 0 Å². The number of hydrogen-bond acceptors (Lipinski definition) is 7. The first-order valence-corrected chi connectivity index (χ1v) is 12.3. The number of ether oxygens (including phenoxy) is 2. The summed E-state index contributed by atoms with van der Waals surface area (Å²) in [6.07, 6.45) is 1.96. The summed E-state index contributed by atoms with van der Waals surface area (Å²) in [5.41, 5.74) is 1.27. The quantitative estimate of drug-likeness (QED) is 0.330. The third-order valence-electron chi connectivity index (χ3n) is 5.12. The van der Waals surface area contributed by atoms with E-state index in [-0.39, 0.29) is 18.6 Å². The molecule has 6 nitrogen and oxygen atoms in total. The van der Waals surface area contributed by atoms with E-state index < -0.39 is 0 Å². The molecule has 2 aromatic heterocycles. The number of para-hydroxylation sites is 1. The molecule has 9 heteroatoms. The molecule has 1 saturated heterocycles. The molecule has 1 aliphatic heterocycles. The van der Waals surface area contributed by atoms with Gasteiger partial charge in [-0.05, 0) is 49.2 Å². The standard InChI is InChI=1S/C23H20ClN3O3S2/c24-15-7-9-16(10-8-15)30-13-21-25-19(14-31-21)22(28)27(12-17-4-3-11-29-17)23-26-18-5-1-2-6-20(18)32-23/h1-2,5-10,14,17H,3-4,11-13H2. The lowest BCUT2D eigenvalue weighted by Gasteiger charge is -2.22. The van der Waals surface area contributed by atoms with Crippen molar-refractivity contribution in [2.24, 2.45) is 0 Å². The molecule has 0 spiro atoms. The molecule has 1 unspecified atom stereocenters. The number of carbonyl (C=O) groups is 1. The van der Waals surface area contributed by atoms with Crippen LogP contribution in [-0.2, 0) is 11.3 Å². The molecule has 0 radical (unpaired) electrons. The van der Waals surface area contributed by atoms with Crippen molar-refractivity contribution in [1.82, 2.24) is 9.97 Å². The van der Waals surface area contributed by atoms with Crippen molar-refractivity contribution in [3.05, 3.63) is 69.6 Å². The fourth-order valence-electron chi connectivity index (χ4n) is 3.50. The Hall–Kier alpha value is -2.52. The first-order chi connectivity index (χ1) is 15.7. The van der Waals surface area contributed by atoms with Gasteiger partial charge in [-0.15, -0.1) is 11.3 Å². The molecule has 3 heterocycles.